The van der Waals surface area contributed by atoms with Crippen molar-refractivity contribution in [2.24, 2.45) is 5.92 Å². The number of Topliss-reactive ketones (excluding diaryl/α,β-unsaturated/α-hetero) is 1. The summed E-state index contributed by atoms with van der Waals surface area (Å²) in [5.74, 6) is -1.08. The van der Waals surface area contributed by atoms with E-state index >= 15 is 0 Å². The van der Waals surface area contributed by atoms with E-state index in [-0.39, 0.29) is 17.6 Å². The predicted octanol–water partition coefficient (Wildman–Crippen LogP) is 2.64. The second-order valence-electron chi connectivity index (χ2n) is 5.59. The highest BCUT2D eigenvalue weighted by Crippen LogP contribution is 2.40. The van der Waals surface area contributed by atoms with Crippen LogP contribution in [0, 0.1) is 5.92 Å². The van der Waals surface area contributed by atoms with Crippen molar-refractivity contribution in [1.29, 1.82) is 0 Å². The number of nitrogens with one attached hydrogen (secondary N) is 1. The molecule has 0 unspecified atom stereocenters. The Hall–Kier alpha value is -1.33. The zero-order valence-electron chi connectivity index (χ0n) is 12.9. The van der Waals surface area contributed by atoms with E-state index < -0.39 is 5.79 Å². The van der Waals surface area contributed by atoms with Gasteiger partial charge in [0.25, 0.3) is 0 Å². The fraction of sp³-hybridized carbons (Fsp3) is 0.562. The van der Waals surface area contributed by atoms with E-state index in [4.69, 9.17) is 17.5 Å². The molecule has 5 heteroatoms. The molecule has 2 rings (SSSR count). The van der Waals surface area contributed by atoms with Gasteiger partial charge < -0.3 is 14.7 Å². The number of benzene rings is 1. The molecule has 1 saturated heterocycles. The fourth-order valence-electron chi connectivity index (χ4n) is 3.25. The molecule has 1 aromatic carbocycles. The number of anilines is 1. The molecular formula is C16H22BNO3. The lowest BCUT2D eigenvalue weighted by Gasteiger charge is -2.36. The summed E-state index contributed by atoms with van der Waals surface area (Å²) in [5, 5.41) is 2.65. The second-order valence-corrected chi connectivity index (χ2v) is 5.59. The number of rotatable bonds is 6. The Bertz CT molecular complexity index is 500. The molecule has 1 aliphatic heterocycles. The summed E-state index contributed by atoms with van der Waals surface area (Å²) in [6.45, 7) is 6.60. The molecule has 0 saturated carbocycles. The van der Waals surface area contributed by atoms with Gasteiger partial charge in [0, 0.05) is 5.69 Å². The Labute approximate surface area is 127 Å². The molecule has 2 atom stereocenters. The smallest absolute Gasteiger partial charge is 0.222 e. The summed E-state index contributed by atoms with van der Waals surface area (Å²) < 4.78 is 11.5. The molecule has 0 spiro atoms. The van der Waals surface area contributed by atoms with Crippen molar-refractivity contribution in [2.45, 2.75) is 38.9 Å². The first-order valence-electron chi connectivity index (χ1n) is 7.36. The normalized spacial score (nSPS) is 20.0. The third-order valence-corrected chi connectivity index (χ3v) is 4.19. The Kier molecular flexibility index (Phi) is 5.06. The average molecular weight is 287 g/mol. The van der Waals surface area contributed by atoms with Gasteiger partial charge in [0.15, 0.2) is 5.79 Å². The van der Waals surface area contributed by atoms with Gasteiger partial charge in [0.05, 0.1) is 19.1 Å². The molecule has 1 aliphatic rings. The summed E-state index contributed by atoms with van der Waals surface area (Å²) in [4.78, 5) is 12.3. The molecular weight excluding hydrogens is 265 g/mol. The third-order valence-electron chi connectivity index (χ3n) is 4.19. The van der Waals surface area contributed by atoms with Crippen LogP contribution in [0.1, 0.15) is 38.7 Å². The van der Waals surface area contributed by atoms with Crippen LogP contribution in [-0.4, -0.2) is 32.8 Å². The maximum absolute atomic E-state index is 12.3. The summed E-state index contributed by atoms with van der Waals surface area (Å²) in [6, 6.07) is 7.82. The van der Waals surface area contributed by atoms with E-state index in [1.165, 1.54) is 0 Å². The predicted molar refractivity (Wildman–Crippen MR) is 83.3 cm³/mol. The number of hydrogen-bond acceptors (Lipinski definition) is 4. The van der Waals surface area contributed by atoms with E-state index in [9.17, 15) is 4.79 Å². The van der Waals surface area contributed by atoms with Gasteiger partial charge in [0.2, 0.25) is 7.98 Å². The third kappa shape index (κ3) is 3.30. The van der Waals surface area contributed by atoms with Crippen LogP contribution in [0.4, 0.5) is 5.69 Å². The lowest BCUT2D eigenvalue weighted by atomic mass is 9.77. The quantitative estimate of drug-likeness (QED) is 0.817. The maximum Gasteiger partial charge on any atom is 0.222 e. The monoisotopic (exact) mass is 287 g/mol. The first kappa shape index (κ1) is 16.1. The summed E-state index contributed by atoms with van der Waals surface area (Å²) in [6.07, 6.45) is 0.820. The molecule has 0 aromatic heterocycles. The highest BCUT2D eigenvalue weighted by Gasteiger charge is 2.46. The molecule has 0 aliphatic carbocycles. The van der Waals surface area contributed by atoms with E-state index in [0.717, 1.165) is 17.7 Å². The van der Waals surface area contributed by atoms with Gasteiger partial charge >= 0.3 is 0 Å². The van der Waals surface area contributed by atoms with Gasteiger partial charge in [0.1, 0.15) is 5.78 Å². The molecule has 4 nitrogen and oxygen atoms in total. The zero-order chi connectivity index (χ0) is 15.5. The highest BCUT2D eigenvalue weighted by molar-refractivity contribution is 6.15. The van der Waals surface area contributed by atoms with Crippen LogP contribution in [0.15, 0.2) is 24.3 Å². The molecule has 1 N–H and O–H groups in total. The molecule has 0 amide bonds. The lowest BCUT2D eigenvalue weighted by molar-refractivity contribution is -0.189. The largest absolute Gasteiger partial charge is 0.437 e. The van der Waals surface area contributed by atoms with Crippen molar-refractivity contribution in [3.05, 3.63) is 29.8 Å². The zero-order valence-corrected chi connectivity index (χ0v) is 12.9. The van der Waals surface area contributed by atoms with E-state index in [1.54, 1.807) is 6.92 Å². The number of hydrogen-bond donors (Lipinski definition) is 1. The lowest BCUT2D eigenvalue weighted by Crippen LogP contribution is -2.43. The molecule has 1 fully saturated rings. The highest BCUT2D eigenvalue weighted by atomic mass is 16.7. The van der Waals surface area contributed by atoms with Gasteiger partial charge in [-0.05, 0) is 43.9 Å². The first-order chi connectivity index (χ1) is 10.0. The number of carbonyl (C=O) groups excluding carboxylic acids is 1. The molecule has 1 heterocycles. The summed E-state index contributed by atoms with van der Waals surface area (Å²) >= 11 is 0. The fourth-order valence-corrected chi connectivity index (χ4v) is 3.25. The van der Waals surface area contributed by atoms with Crippen molar-refractivity contribution >= 4 is 19.5 Å². The van der Waals surface area contributed by atoms with Crippen LogP contribution in [0.3, 0.4) is 0 Å². The van der Waals surface area contributed by atoms with Crippen LogP contribution in [0.2, 0.25) is 0 Å². The molecule has 112 valence electrons. The Morgan fingerprint density at radius 3 is 2.62 bits per heavy atom. The van der Waals surface area contributed by atoms with Crippen molar-refractivity contribution in [3.63, 3.8) is 0 Å². The molecule has 2 radical (unpaired) electrons. The Morgan fingerprint density at radius 2 is 2.10 bits per heavy atom. The van der Waals surface area contributed by atoms with E-state index in [1.807, 2.05) is 31.2 Å². The van der Waals surface area contributed by atoms with Crippen LogP contribution < -0.4 is 5.23 Å². The van der Waals surface area contributed by atoms with Crippen LogP contribution in [-0.2, 0) is 14.3 Å². The number of carbonyl (C=O) groups is 1. The second kappa shape index (κ2) is 6.63. The number of ether oxygens (including phenoxy) is 2. The van der Waals surface area contributed by atoms with E-state index in [0.29, 0.717) is 13.2 Å². The van der Waals surface area contributed by atoms with Crippen LogP contribution in [0.5, 0.6) is 0 Å². The van der Waals surface area contributed by atoms with Gasteiger partial charge in [-0.2, -0.15) is 0 Å². The van der Waals surface area contributed by atoms with Crippen LogP contribution in [0.25, 0.3) is 0 Å². The van der Waals surface area contributed by atoms with Crippen LogP contribution >= 0.6 is 0 Å². The molecule has 0 bridgehead atoms. The average Bonchev–Trinajstić information content (AvgIpc) is 2.91. The maximum atomic E-state index is 12.3. The Balaban J connectivity index is 2.37. The minimum Gasteiger partial charge on any atom is -0.437 e. The van der Waals surface area contributed by atoms with Gasteiger partial charge in [-0.3, -0.25) is 4.79 Å². The summed E-state index contributed by atoms with van der Waals surface area (Å²) in [7, 11) is 5.48. The standard InChI is InChI=1S/C16H22BNO3/c1-4-14(12-6-5-7-13(10-12)18-17)15(11(2)19)16(3)20-8-9-21-16/h5-7,10,14-15,18H,4,8-9H2,1-3H3/t14-,15+/m1/s1. The van der Waals surface area contributed by atoms with Crippen molar-refractivity contribution in [2.75, 3.05) is 18.4 Å². The number of ketones is 1. The van der Waals surface area contributed by atoms with E-state index in [2.05, 4.69) is 12.2 Å². The topological polar surface area (TPSA) is 47.6 Å². The Morgan fingerprint density at radius 1 is 1.43 bits per heavy atom. The SMILES string of the molecule is [B]Nc1cccc([C@@H](CC)[C@H](C(C)=O)C2(C)OCCO2)c1. The minimum absolute atomic E-state index is 0.0268. The molecule has 21 heavy (non-hydrogen) atoms. The minimum atomic E-state index is -0.849. The van der Waals surface area contributed by atoms with Gasteiger partial charge in [-0.15, -0.1) is 0 Å². The van der Waals surface area contributed by atoms with Crippen molar-refractivity contribution in [3.8, 4) is 0 Å². The van der Waals surface area contributed by atoms with Gasteiger partial charge in [-0.25, -0.2) is 0 Å². The first-order valence-corrected chi connectivity index (χ1v) is 7.36. The summed E-state index contributed by atoms with van der Waals surface area (Å²) in [5.41, 5.74) is 1.89. The van der Waals surface area contributed by atoms with Crippen molar-refractivity contribution in [1.82, 2.24) is 0 Å². The van der Waals surface area contributed by atoms with Crippen molar-refractivity contribution < 1.29 is 14.3 Å². The van der Waals surface area contributed by atoms with Gasteiger partial charge in [-0.1, -0.05) is 19.1 Å². The molecule has 1 aromatic rings.